The molecule has 4 aromatic carbocycles. The van der Waals surface area contributed by atoms with Gasteiger partial charge in [-0.1, -0.05) is 97.1 Å². The Morgan fingerprint density at radius 3 is 1.38 bits per heavy atom. The van der Waals surface area contributed by atoms with Crippen molar-refractivity contribution in [2.24, 2.45) is 0 Å². The number of ketones is 1. The lowest BCUT2D eigenvalue weighted by Crippen LogP contribution is -2.34. The summed E-state index contributed by atoms with van der Waals surface area (Å²) in [5, 5.41) is 45.5. The van der Waals surface area contributed by atoms with E-state index in [1.165, 1.54) is 24.3 Å². The number of carbonyl (C=O) groups excluding carboxylic acids is 1. The maximum Gasteiger partial charge on any atom is 0.179 e. The molecule has 2 aliphatic rings. The Hall–Kier alpha value is -4.97. The smallest absolute Gasteiger partial charge is 0.179 e. The van der Waals surface area contributed by atoms with Gasteiger partial charge in [-0.3, -0.25) is 4.79 Å². The van der Waals surface area contributed by atoms with E-state index in [1.54, 1.807) is 48.6 Å². The molecular weight excluding hydrogens is 524 g/mol. The maximum absolute atomic E-state index is 13.9. The number of fused-ring (bicyclic) bond motifs is 2. The van der Waals surface area contributed by atoms with Crippen molar-refractivity contribution in [2.75, 3.05) is 0 Å². The minimum Gasteiger partial charge on any atom is -0.507 e. The van der Waals surface area contributed by atoms with Gasteiger partial charge in [-0.25, -0.2) is 0 Å². The molecule has 42 heavy (non-hydrogen) atoms. The molecule has 0 aliphatic heterocycles. The van der Waals surface area contributed by atoms with Crippen molar-refractivity contribution in [3.8, 4) is 11.5 Å². The number of benzene rings is 4. The van der Waals surface area contributed by atoms with Gasteiger partial charge in [0.05, 0.1) is 0 Å². The van der Waals surface area contributed by atoms with Crippen LogP contribution in [0.2, 0.25) is 0 Å². The number of phenolic OH excluding ortho intramolecular Hbond substituents is 2. The Morgan fingerprint density at radius 2 is 0.952 bits per heavy atom. The number of carbonyl (C=O) groups is 1. The molecule has 0 saturated heterocycles. The molecular formula is C37H30O5. The van der Waals surface area contributed by atoms with Crippen molar-refractivity contribution < 1.29 is 25.2 Å². The number of aliphatic hydroxyl groups is 2. The first kappa shape index (κ1) is 27.2. The van der Waals surface area contributed by atoms with Crippen LogP contribution in [0.1, 0.15) is 33.4 Å². The predicted molar refractivity (Wildman–Crippen MR) is 165 cm³/mol. The van der Waals surface area contributed by atoms with E-state index < -0.39 is 17.0 Å². The van der Waals surface area contributed by atoms with Crippen LogP contribution in [0.4, 0.5) is 0 Å². The summed E-state index contributed by atoms with van der Waals surface area (Å²) in [6, 6.07) is 28.5. The summed E-state index contributed by atoms with van der Waals surface area (Å²) in [7, 11) is 0. The zero-order chi connectivity index (χ0) is 29.3. The van der Waals surface area contributed by atoms with Gasteiger partial charge in [0.1, 0.15) is 22.7 Å². The van der Waals surface area contributed by atoms with Crippen molar-refractivity contribution >= 4 is 29.1 Å². The van der Waals surface area contributed by atoms with E-state index in [2.05, 4.69) is 0 Å². The molecule has 2 aliphatic carbocycles. The average Bonchev–Trinajstić information content (AvgIpc) is 2.99. The zero-order valence-electron chi connectivity index (χ0n) is 22.8. The molecule has 5 heteroatoms. The van der Waals surface area contributed by atoms with E-state index in [0.717, 1.165) is 22.3 Å². The summed E-state index contributed by atoms with van der Waals surface area (Å²) < 4.78 is 0. The fourth-order valence-corrected chi connectivity index (χ4v) is 5.84. The van der Waals surface area contributed by atoms with E-state index in [4.69, 9.17) is 0 Å². The molecule has 2 unspecified atom stereocenters. The van der Waals surface area contributed by atoms with Crippen molar-refractivity contribution in [1.29, 1.82) is 0 Å². The highest BCUT2D eigenvalue weighted by Gasteiger charge is 2.37. The largest absolute Gasteiger partial charge is 0.507 e. The summed E-state index contributed by atoms with van der Waals surface area (Å²) in [5.74, 6) is -0.673. The second kappa shape index (κ2) is 10.8. The third-order valence-electron chi connectivity index (χ3n) is 8.00. The topological polar surface area (TPSA) is 98.0 Å². The van der Waals surface area contributed by atoms with Crippen LogP contribution in [0, 0.1) is 0 Å². The van der Waals surface area contributed by atoms with Crippen LogP contribution < -0.4 is 0 Å². The Kier molecular flexibility index (Phi) is 6.99. The van der Waals surface area contributed by atoms with Crippen LogP contribution in [0.15, 0.2) is 121 Å². The summed E-state index contributed by atoms with van der Waals surface area (Å²) >= 11 is 0. The first-order valence-electron chi connectivity index (χ1n) is 13.8. The molecule has 0 amide bonds. The molecule has 0 radical (unpaired) electrons. The van der Waals surface area contributed by atoms with Crippen LogP contribution >= 0.6 is 0 Å². The fraction of sp³-hybridized carbons (Fsp3) is 0.108. The fourth-order valence-electron chi connectivity index (χ4n) is 5.84. The molecule has 0 saturated carbocycles. The molecule has 0 spiro atoms. The van der Waals surface area contributed by atoms with Gasteiger partial charge in [0, 0.05) is 35.1 Å². The molecule has 4 aromatic rings. The highest BCUT2D eigenvalue weighted by Crippen LogP contribution is 2.42. The molecule has 0 aromatic heterocycles. The van der Waals surface area contributed by atoms with Crippen molar-refractivity contribution in [1.82, 2.24) is 0 Å². The summed E-state index contributed by atoms with van der Waals surface area (Å²) in [6.07, 6.45) is 9.92. The van der Waals surface area contributed by atoms with Gasteiger partial charge in [0.25, 0.3) is 0 Å². The highest BCUT2D eigenvalue weighted by molar-refractivity contribution is 6.10. The first-order valence-corrected chi connectivity index (χ1v) is 13.8. The molecule has 4 N–H and O–H groups in total. The molecule has 6 rings (SSSR count). The second-order valence-corrected chi connectivity index (χ2v) is 10.8. The first-order chi connectivity index (χ1) is 20.3. The summed E-state index contributed by atoms with van der Waals surface area (Å²) in [4.78, 5) is 13.9. The third-order valence-corrected chi connectivity index (χ3v) is 8.00. The Morgan fingerprint density at radius 1 is 0.571 bits per heavy atom. The third kappa shape index (κ3) is 5.12. The van der Waals surface area contributed by atoms with Crippen LogP contribution in [0.5, 0.6) is 11.5 Å². The van der Waals surface area contributed by atoms with Gasteiger partial charge in [0.15, 0.2) is 5.78 Å². The van der Waals surface area contributed by atoms with E-state index >= 15 is 0 Å². The predicted octanol–water partition coefficient (Wildman–Crippen LogP) is 6.14. The number of para-hydroxylation sites is 2. The van der Waals surface area contributed by atoms with Gasteiger partial charge in [-0.05, 0) is 58.7 Å². The molecule has 0 fully saturated rings. The Balaban J connectivity index is 1.49. The number of rotatable bonds is 6. The molecule has 0 bridgehead atoms. The maximum atomic E-state index is 13.9. The SMILES string of the molecule is O=C(C=C(c1ccccc1O)C1(O)C=Cc2ccccc2C1)C=C(c1ccccc1O)C1(O)C=Cc2ccccc2C1. The number of hydrogen-bond donors (Lipinski definition) is 4. The van der Waals surface area contributed by atoms with Gasteiger partial charge in [-0.2, -0.15) is 0 Å². The quantitative estimate of drug-likeness (QED) is 0.215. The monoisotopic (exact) mass is 554 g/mol. The Labute approximate surface area is 244 Å². The summed E-state index contributed by atoms with van der Waals surface area (Å²) in [6.45, 7) is 0. The van der Waals surface area contributed by atoms with Crippen LogP contribution in [0.3, 0.4) is 0 Å². The number of hydrogen-bond acceptors (Lipinski definition) is 5. The minimum atomic E-state index is -1.59. The van der Waals surface area contributed by atoms with Gasteiger partial charge < -0.3 is 20.4 Å². The molecule has 5 nitrogen and oxygen atoms in total. The average molecular weight is 555 g/mol. The lowest BCUT2D eigenvalue weighted by Gasteiger charge is -2.33. The standard InChI is InChI=1S/C37H30O5/c38-29(21-32(30-13-5-7-15-34(30)39)36(41)19-17-25-9-1-3-11-27(25)23-36)22-33(31-14-6-8-16-35(31)40)37(42)20-18-26-10-2-4-12-28(26)24-37/h1-22,39-42H,23-24H2. The summed E-state index contributed by atoms with van der Waals surface area (Å²) in [5.41, 5.74) is 1.65. The molecule has 2 atom stereocenters. The van der Waals surface area contributed by atoms with Gasteiger partial charge >= 0.3 is 0 Å². The normalized spacial score (nSPS) is 21.5. The molecule has 208 valence electrons. The van der Waals surface area contributed by atoms with E-state index in [1.807, 2.05) is 60.7 Å². The number of allylic oxidation sites excluding steroid dienone is 2. The minimum absolute atomic E-state index is 0.0763. The van der Waals surface area contributed by atoms with Gasteiger partial charge in [0.2, 0.25) is 0 Å². The van der Waals surface area contributed by atoms with Crippen LogP contribution in [-0.2, 0) is 17.6 Å². The van der Waals surface area contributed by atoms with Crippen molar-refractivity contribution in [2.45, 2.75) is 24.0 Å². The molecule has 0 heterocycles. The lowest BCUT2D eigenvalue weighted by atomic mass is 9.76. The second-order valence-electron chi connectivity index (χ2n) is 10.8. The van der Waals surface area contributed by atoms with Crippen LogP contribution in [-0.4, -0.2) is 37.4 Å². The van der Waals surface area contributed by atoms with Crippen molar-refractivity contribution in [3.63, 3.8) is 0 Å². The number of aromatic hydroxyl groups is 2. The highest BCUT2D eigenvalue weighted by atomic mass is 16.3. The van der Waals surface area contributed by atoms with E-state index in [-0.39, 0.29) is 35.5 Å². The lowest BCUT2D eigenvalue weighted by molar-refractivity contribution is -0.110. The Bertz CT molecular complexity index is 1680. The van der Waals surface area contributed by atoms with Crippen molar-refractivity contribution in [3.05, 3.63) is 155 Å². The van der Waals surface area contributed by atoms with E-state index in [9.17, 15) is 25.2 Å². The van der Waals surface area contributed by atoms with Gasteiger partial charge in [-0.15, -0.1) is 0 Å². The zero-order valence-corrected chi connectivity index (χ0v) is 22.8. The van der Waals surface area contributed by atoms with E-state index in [0.29, 0.717) is 11.1 Å². The number of phenols is 2. The van der Waals surface area contributed by atoms with Crippen LogP contribution in [0.25, 0.3) is 23.3 Å².